The monoisotopic (exact) mass is 206 g/mol. The molecule has 1 heterocycles. The molecule has 0 aliphatic heterocycles. The van der Waals surface area contributed by atoms with Crippen molar-refractivity contribution in [1.82, 2.24) is 9.97 Å². The summed E-state index contributed by atoms with van der Waals surface area (Å²) < 4.78 is 0. The molecule has 1 saturated carbocycles. The van der Waals surface area contributed by atoms with Gasteiger partial charge in [-0.15, -0.1) is 0 Å². The summed E-state index contributed by atoms with van der Waals surface area (Å²) in [5, 5.41) is 2.53. The third-order valence-electron chi connectivity index (χ3n) is 2.09. The number of amides is 2. The minimum absolute atomic E-state index is 0.0748. The highest BCUT2D eigenvalue weighted by Crippen LogP contribution is 2.29. The number of nitrogens with two attached hydrogens (primary N) is 1. The van der Waals surface area contributed by atoms with Crippen LogP contribution in [0.1, 0.15) is 23.3 Å². The summed E-state index contributed by atoms with van der Waals surface area (Å²) in [6.45, 7) is 0. The summed E-state index contributed by atoms with van der Waals surface area (Å²) in [7, 11) is 0. The van der Waals surface area contributed by atoms with Crippen LogP contribution in [-0.4, -0.2) is 21.8 Å². The zero-order valence-electron chi connectivity index (χ0n) is 7.93. The van der Waals surface area contributed by atoms with Gasteiger partial charge in [-0.25, -0.2) is 9.97 Å². The molecular formula is C9H10N4O2. The SMILES string of the molecule is NC(=O)c1ccnc(NC(=O)C2CC2)n1. The van der Waals surface area contributed by atoms with Crippen LogP contribution >= 0.6 is 0 Å². The number of hydrogen-bond donors (Lipinski definition) is 2. The predicted octanol–water partition coefficient (Wildman–Crippen LogP) is -0.0760. The number of carbonyl (C=O) groups excluding carboxylic acids is 2. The van der Waals surface area contributed by atoms with Gasteiger partial charge in [-0.2, -0.15) is 0 Å². The third kappa shape index (κ3) is 2.28. The fraction of sp³-hybridized carbons (Fsp3) is 0.333. The van der Waals surface area contributed by atoms with Gasteiger partial charge in [0.2, 0.25) is 11.9 Å². The molecule has 3 N–H and O–H groups in total. The molecule has 0 aromatic carbocycles. The van der Waals surface area contributed by atoms with Gasteiger partial charge in [0.25, 0.3) is 5.91 Å². The first-order chi connectivity index (χ1) is 7.16. The number of rotatable bonds is 3. The quantitative estimate of drug-likeness (QED) is 0.722. The Morgan fingerprint density at radius 1 is 1.47 bits per heavy atom. The van der Waals surface area contributed by atoms with E-state index >= 15 is 0 Å². The average molecular weight is 206 g/mol. The van der Waals surface area contributed by atoms with E-state index in [0.717, 1.165) is 12.8 Å². The second kappa shape index (κ2) is 3.64. The molecule has 1 fully saturated rings. The highest BCUT2D eigenvalue weighted by molar-refractivity contribution is 5.94. The van der Waals surface area contributed by atoms with Crippen LogP contribution < -0.4 is 11.1 Å². The van der Waals surface area contributed by atoms with Gasteiger partial charge < -0.3 is 5.73 Å². The molecule has 1 aromatic heterocycles. The van der Waals surface area contributed by atoms with Crippen molar-refractivity contribution in [3.8, 4) is 0 Å². The smallest absolute Gasteiger partial charge is 0.267 e. The molecular weight excluding hydrogens is 196 g/mol. The number of nitrogens with zero attached hydrogens (tertiary/aromatic N) is 2. The minimum Gasteiger partial charge on any atom is -0.364 e. The minimum atomic E-state index is -0.640. The predicted molar refractivity (Wildman–Crippen MR) is 51.9 cm³/mol. The molecule has 6 heteroatoms. The van der Waals surface area contributed by atoms with E-state index in [2.05, 4.69) is 15.3 Å². The molecule has 0 atom stereocenters. The van der Waals surface area contributed by atoms with E-state index < -0.39 is 5.91 Å². The lowest BCUT2D eigenvalue weighted by molar-refractivity contribution is -0.117. The Morgan fingerprint density at radius 2 is 2.20 bits per heavy atom. The van der Waals surface area contributed by atoms with Crippen LogP contribution in [0.4, 0.5) is 5.95 Å². The van der Waals surface area contributed by atoms with E-state index in [1.807, 2.05) is 0 Å². The molecule has 0 spiro atoms. The Morgan fingerprint density at radius 3 is 2.80 bits per heavy atom. The van der Waals surface area contributed by atoms with Gasteiger partial charge in [0.05, 0.1) is 0 Å². The first-order valence-electron chi connectivity index (χ1n) is 4.60. The van der Waals surface area contributed by atoms with Crippen molar-refractivity contribution < 1.29 is 9.59 Å². The molecule has 2 amide bonds. The van der Waals surface area contributed by atoms with Crippen molar-refractivity contribution in [3.05, 3.63) is 18.0 Å². The first kappa shape index (κ1) is 9.57. The van der Waals surface area contributed by atoms with Crippen LogP contribution in [-0.2, 0) is 4.79 Å². The molecule has 6 nitrogen and oxygen atoms in total. The van der Waals surface area contributed by atoms with E-state index in [-0.39, 0.29) is 23.5 Å². The van der Waals surface area contributed by atoms with Crippen molar-refractivity contribution in [1.29, 1.82) is 0 Å². The summed E-state index contributed by atoms with van der Waals surface area (Å²) in [6, 6.07) is 1.40. The normalized spacial score (nSPS) is 14.7. The van der Waals surface area contributed by atoms with E-state index in [1.165, 1.54) is 12.3 Å². The van der Waals surface area contributed by atoms with Gasteiger partial charge in [-0.05, 0) is 18.9 Å². The molecule has 0 bridgehead atoms. The molecule has 15 heavy (non-hydrogen) atoms. The van der Waals surface area contributed by atoms with Crippen LogP contribution in [0, 0.1) is 5.92 Å². The van der Waals surface area contributed by atoms with Crippen LogP contribution in [0.2, 0.25) is 0 Å². The zero-order valence-corrected chi connectivity index (χ0v) is 7.93. The Hall–Kier alpha value is -1.98. The van der Waals surface area contributed by atoms with Crippen molar-refractivity contribution in [3.63, 3.8) is 0 Å². The van der Waals surface area contributed by atoms with E-state index in [9.17, 15) is 9.59 Å². The van der Waals surface area contributed by atoms with Gasteiger partial charge in [0.1, 0.15) is 5.69 Å². The standard InChI is InChI=1S/C9H10N4O2/c10-7(14)6-3-4-11-9(12-6)13-8(15)5-1-2-5/h3-5H,1-2H2,(H2,10,14)(H,11,12,13,15). The second-order valence-corrected chi connectivity index (χ2v) is 3.39. The van der Waals surface area contributed by atoms with Crippen LogP contribution in [0.3, 0.4) is 0 Å². The lowest BCUT2D eigenvalue weighted by Crippen LogP contribution is -2.18. The molecule has 0 unspecified atom stereocenters. The summed E-state index contributed by atoms with van der Waals surface area (Å²) in [6.07, 6.45) is 3.19. The number of anilines is 1. The molecule has 1 aliphatic carbocycles. The maximum absolute atomic E-state index is 11.3. The van der Waals surface area contributed by atoms with E-state index in [1.54, 1.807) is 0 Å². The Balaban J connectivity index is 2.10. The molecule has 78 valence electrons. The maximum Gasteiger partial charge on any atom is 0.267 e. The fourth-order valence-electron chi connectivity index (χ4n) is 1.11. The summed E-state index contributed by atoms with van der Waals surface area (Å²) in [5.74, 6) is -0.537. The zero-order chi connectivity index (χ0) is 10.8. The Bertz CT molecular complexity index is 414. The molecule has 0 saturated heterocycles. The highest BCUT2D eigenvalue weighted by Gasteiger charge is 2.30. The van der Waals surface area contributed by atoms with Crippen LogP contribution in [0.5, 0.6) is 0 Å². The van der Waals surface area contributed by atoms with Crippen LogP contribution in [0.25, 0.3) is 0 Å². The molecule has 1 aromatic rings. The molecule has 0 radical (unpaired) electrons. The van der Waals surface area contributed by atoms with Gasteiger partial charge in [0.15, 0.2) is 0 Å². The number of primary amides is 1. The van der Waals surface area contributed by atoms with Gasteiger partial charge in [-0.3, -0.25) is 14.9 Å². The van der Waals surface area contributed by atoms with Gasteiger partial charge >= 0.3 is 0 Å². The van der Waals surface area contributed by atoms with E-state index in [0.29, 0.717) is 0 Å². The Kier molecular flexibility index (Phi) is 2.32. The highest BCUT2D eigenvalue weighted by atomic mass is 16.2. The largest absolute Gasteiger partial charge is 0.364 e. The summed E-state index contributed by atoms with van der Waals surface area (Å²) in [4.78, 5) is 29.8. The number of aromatic nitrogens is 2. The summed E-state index contributed by atoms with van der Waals surface area (Å²) >= 11 is 0. The van der Waals surface area contributed by atoms with Crippen molar-refractivity contribution in [2.75, 3.05) is 5.32 Å². The molecule has 2 rings (SSSR count). The number of hydrogen-bond acceptors (Lipinski definition) is 4. The van der Waals surface area contributed by atoms with Crippen LogP contribution in [0.15, 0.2) is 12.3 Å². The van der Waals surface area contributed by atoms with Crippen molar-refractivity contribution >= 4 is 17.8 Å². The first-order valence-corrected chi connectivity index (χ1v) is 4.60. The topological polar surface area (TPSA) is 98.0 Å². The number of carbonyl (C=O) groups is 2. The maximum atomic E-state index is 11.3. The van der Waals surface area contributed by atoms with Gasteiger partial charge in [-0.1, -0.05) is 0 Å². The fourth-order valence-corrected chi connectivity index (χ4v) is 1.11. The lowest BCUT2D eigenvalue weighted by atomic mass is 10.4. The van der Waals surface area contributed by atoms with Crippen molar-refractivity contribution in [2.45, 2.75) is 12.8 Å². The Labute approximate surface area is 85.9 Å². The second-order valence-electron chi connectivity index (χ2n) is 3.39. The lowest BCUT2D eigenvalue weighted by Gasteiger charge is -2.02. The molecule has 1 aliphatic rings. The van der Waals surface area contributed by atoms with Crippen molar-refractivity contribution in [2.24, 2.45) is 11.7 Å². The van der Waals surface area contributed by atoms with Gasteiger partial charge in [0, 0.05) is 12.1 Å². The summed E-state index contributed by atoms with van der Waals surface area (Å²) in [5.41, 5.74) is 5.14. The third-order valence-corrected chi connectivity index (χ3v) is 2.09. The average Bonchev–Trinajstić information content (AvgIpc) is 3.01. The number of nitrogens with one attached hydrogen (secondary N) is 1. The van der Waals surface area contributed by atoms with E-state index in [4.69, 9.17) is 5.73 Å².